The Hall–Kier alpha value is -2.35. The van der Waals surface area contributed by atoms with Gasteiger partial charge in [0.15, 0.2) is 16.4 Å². The fourth-order valence-corrected chi connectivity index (χ4v) is 5.73. The molecule has 1 atom stereocenters. The Morgan fingerprint density at radius 1 is 1.10 bits per heavy atom. The Kier molecular flexibility index (Phi) is 6.95. The molecule has 0 unspecified atom stereocenters. The highest BCUT2D eigenvalue weighted by Crippen LogP contribution is 2.29. The number of esters is 1. The Morgan fingerprint density at radius 3 is 2.38 bits per heavy atom. The van der Waals surface area contributed by atoms with Crippen LogP contribution in [0.25, 0.3) is 6.08 Å². The molecule has 158 valence electrons. The largest absolute Gasteiger partial charge is 0.497 e. The molecule has 1 saturated heterocycles. The summed E-state index contributed by atoms with van der Waals surface area (Å²) in [5.74, 6) is -0.0971. The van der Waals surface area contributed by atoms with Crippen molar-refractivity contribution in [3.8, 4) is 5.75 Å². The van der Waals surface area contributed by atoms with Crippen molar-refractivity contribution in [2.75, 3.05) is 25.2 Å². The zero-order valence-corrected chi connectivity index (χ0v) is 17.4. The molecular weight excluding hydrogens is 394 g/mol. The highest BCUT2D eigenvalue weighted by atomic mass is 32.2. The van der Waals surface area contributed by atoms with Crippen molar-refractivity contribution >= 4 is 27.8 Å². The van der Waals surface area contributed by atoms with Gasteiger partial charge < -0.3 is 14.4 Å². The average molecular weight is 422 g/mol. The third-order valence-corrected chi connectivity index (χ3v) is 7.22. The van der Waals surface area contributed by atoms with Gasteiger partial charge in [0.1, 0.15) is 5.75 Å². The van der Waals surface area contributed by atoms with Crippen LogP contribution >= 0.6 is 0 Å². The molecule has 29 heavy (non-hydrogen) atoms. The average Bonchev–Trinajstić information content (AvgIpc) is 3.35. The molecule has 1 aromatic carbocycles. The van der Waals surface area contributed by atoms with Crippen LogP contribution in [0.3, 0.4) is 0 Å². The molecule has 1 aliphatic carbocycles. The number of hydrogen-bond acceptors (Lipinski definition) is 6. The maximum Gasteiger partial charge on any atom is 0.331 e. The summed E-state index contributed by atoms with van der Waals surface area (Å²) in [5, 5.41) is 0. The molecule has 0 aromatic heterocycles. The Bertz CT molecular complexity index is 856. The molecule has 8 heteroatoms. The molecule has 1 heterocycles. The number of methoxy groups -OCH3 is 1. The lowest BCUT2D eigenvalue weighted by Gasteiger charge is -2.33. The lowest BCUT2D eigenvalue weighted by atomic mass is 10.1. The standard InChI is InChI=1S/C21H27NO6S/c1-27-19-9-6-16(7-10-19)8-11-21(24)28-14-20(23)22(17-4-2-3-5-17)18-12-13-29(25,26)15-18/h6-11,17-18H,2-5,12-15H2,1H3/b11-8+/t18-/m1/s1. The molecule has 0 N–H and O–H groups in total. The summed E-state index contributed by atoms with van der Waals surface area (Å²) >= 11 is 0. The van der Waals surface area contributed by atoms with Gasteiger partial charge in [-0.25, -0.2) is 13.2 Å². The van der Waals surface area contributed by atoms with Gasteiger partial charge in [-0.2, -0.15) is 0 Å². The van der Waals surface area contributed by atoms with E-state index in [0.29, 0.717) is 6.42 Å². The van der Waals surface area contributed by atoms with Crippen LogP contribution in [0.4, 0.5) is 0 Å². The van der Waals surface area contributed by atoms with E-state index in [9.17, 15) is 18.0 Å². The molecule has 1 aromatic rings. The predicted molar refractivity (Wildman–Crippen MR) is 109 cm³/mol. The third kappa shape index (κ3) is 5.82. The summed E-state index contributed by atoms with van der Waals surface area (Å²) in [6.45, 7) is -0.376. The lowest BCUT2D eigenvalue weighted by molar-refractivity contribution is -0.150. The van der Waals surface area contributed by atoms with E-state index in [1.807, 2.05) is 0 Å². The van der Waals surface area contributed by atoms with E-state index in [2.05, 4.69) is 0 Å². The summed E-state index contributed by atoms with van der Waals surface area (Å²) in [4.78, 5) is 26.5. The number of benzene rings is 1. The van der Waals surface area contributed by atoms with Crippen molar-refractivity contribution in [1.29, 1.82) is 0 Å². The molecule has 7 nitrogen and oxygen atoms in total. The minimum absolute atomic E-state index is 0.000554. The van der Waals surface area contributed by atoms with Crippen LogP contribution in [-0.2, 0) is 24.2 Å². The highest BCUT2D eigenvalue weighted by molar-refractivity contribution is 7.91. The fraction of sp³-hybridized carbons (Fsp3) is 0.524. The highest BCUT2D eigenvalue weighted by Gasteiger charge is 2.39. The van der Waals surface area contributed by atoms with Crippen molar-refractivity contribution in [3.05, 3.63) is 35.9 Å². The second-order valence-corrected chi connectivity index (χ2v) is 9.74. The number of sulfone groups is 1. The van der Waals surface area contributed by atoms with E-state index in [1.165, 1.54) is 6.08 Å². The van der Waals surface area contributed by atoms with Crippen molar-refractivity contribution in [1.82, 2.24) is 4.90 Å². The first kappa shape index (κ1) is 21.4. The monoisotopic (exact) mass is 421 g/mol. The van der Waals surface area contributed by atoms with Gasteiger partial charge in [0.25, 0.3) is 5.91 Å². The first-order valence-corrected chi connectivity index (χ1v) is 11.7. The zero-order chi connectivity index (χ0) is 20.9. The van der Waals surface area contributed by atoms with E-state index in [-0.39, 0.29) is 36.1 Å². The van der Waals surface area contributed by atoms with Gasteiger partial charge in [-0.3, -0.25) is 4.79 Å². The normalized spacial score (nSPS) is 21.3. The van der Waals surface area contributed by atoms with E-state index in [1.54, 1.807) is 42.4 Å². The number of hydrogen-bond donors (Lipinski definition) is 0. The molecule has 0 bridgehead atoms. The van der Waals surface area contributed by atoms with Crippen LogP contribution in [0.5, 0.6) is 5.75 Å². The quantitative estimate of drug-likeness (QED) is 0.495. The lowest BCUT2D eigenvalue weighted by Crippen LogP contribution is -2.48. The molecule has 1 amide bonds. The first-order valence-electron chi connectivity index (χ1n) is 9.88. The molecule has 3 rings (SSSR count). The first-order chi connectivity index (χ1) is 13.9. The molecule has 0 spiro atoms. The number of nitrogens with zero attached hydrogens (tertiary/aromatic N) is 1. The van der Waals surface area contributed by atoms with E-state index < -0.39 is 15.8 Å². The molecule has 2 fully saturated rings. The minimum Gasteiger partial charge on any atom is -0.497 e. The minimum atomic E-state index is -3.10. The van der Waals surface area contributed by atoms with Crippen LogP contribution < -0.4 is 4.74 Å². The SMILES string of the molecule is COc1ccc(/C=C/C(=O)OCC(=O)N(C2CCCC2)[C@@H]2CCS(=O)(=O)C2)cc1. The summed E-state index contributed by atoms with van der Waals surface area (Å²) in [7, 11) is -1.52. The summed E-state index contributed by atoms with van der Waals surface area (Å²) in [6.07, 6.45) is 7.12. The van der Waals surface area contributed by atoms with Gasteiger partial charge in [-0.05, 0) is 43.0 Å². The van der Waals surface area contributed by atoms with Gasteiger partial charge in [-0.15, -0.1) is 0 Å². The number of carbonyl (C=O) groups excluding carboxylic acids is 2. The maximum atomic E-state index is 12.8. The maximum absolute atomic E-state index is 12.8. The Morgan fingerprint density at radius 2 is 1.79 bits per heavy atom. The number of carbonyl (C=O) groups is 2. The predicted octanol–water partition coefficient (Wildman–Crippen LogP) is 2.21. The van der Waals surface area contributed by atoms with Crippen LogP contribution in [-0.4, -0.2) is 62.5 Å². The van der Waals surface area contributed by atoms with Gasteiger partial charge >= 0.3 is 5.97 Å². The molecule has 1 saturated carbocycles. The van der Waals surface area contributed by atoms with Crippen LogP contribution in [0.1, 0.15) is 37.7 Å². The van der Waals surface area contributed by atoms with E-state index in [0.717, 1.165) is 37.0 Å². The number of amides is 1. The number of ether oxygens (including phenoxy) is 2. The second kappa shape index (κ2) is 9.43. The molecule has 2 aliphatic rings. The van der Waals surface area contributed by atoms with Crippen molar-refractivity contribution in [2.45, 2.75) is 44.2 Å². The number of rotatable bonds is 7. The van der Waals surface area contributed by atoms with E-state index >= 15 is 0 Å². The molecule has 1 aliphatic heterocycles. The van der Waals surface area contributed by atoms with Gasteiger partial charge in [-0.1, -0.05) is 25.0 Å². The van der Waals surface area contributed by atoms with Gasteiger partial charge in [0, 0.05) is 18.2 Å². The van der Waals surface area contributed by atoms with E-state index in [4.69, 9.17) is 9.47 Å². The topological polar surface area (TPSA) is 90.0 Å². The summed E-state index contributed by atoms with van der Waals surface area (Å²) < 4.78 is 34.0. The van der Waals surface area contributed by atoms with Crippen molar-refractivity contribution in [2.24, 2.45) is 0 Å². The van der Waals surface area contributed by atoms with Crippen molar-refractivity contribution in [3.63, 3.8) is 0 Å². The van der Waals surface area contributed by atoms with Gasteiger partial charge in [0.05, 0.1) is 18.6 Å². The third-order valence-electron chi connectivity index (χ3n) is 5.47. The molecular formula is C21H27NO6S. The van der Waals surface area contributed by atoms with Crippen LogP contribution in [0.2, 0.25) is 0 Å². The smallest absolute Gasteiger partial charge is 0.331 e. The van der Waals surface area contributed by atoms with Crippen molar-refractivity contribution < 1.29 is 27.5 Å². The van der Waals surface area contributed by atoms with Gasteiger partial charge in [0.2, 0.25) is 0 Å². The summed E-state index contributed by atoms with van der Waals surface area (Å²) in [6, 6.07) is 6.89. The Labute approximate surface area is 171 Å². The fourth-order valence-electron chi connectivity index (χ4n) is 4.02. The zero-order valence-electron chi connectivity index (χ0n) is 16.6. The summed E-state index contributed by atoms with van der Waals surface area (Å²) in [5.41, 5.74) is 0.804. The van der Waals surface area contributed by atoms with Crippen LogP contribution in [0, 0.1) is 0 Å². The second-order valence-electron chi connectivity index (χ2n) is 7.51. The Balaban J connectivity index is 1.57. The van der Waals surface area contributed by atoms with Crippen LogP contribution in [0.15, 0.2) is 30.3 Å². The molecule has 0 radical (unpaired) electrons.